The third-order valence-electron chi connectivity index (χ3n) is 2.73. The maximum Gasteiger partial charge on any atom is 0.0481 e. The van der Waals surface area contributed by atoms with E-state index >= 15 is 0 Å². The molecule has 0 fully saturated rings. The number of aryl methyl sites for hydroxylation is 1. The van der Waals surface area contributed by atoms with Gasteiger partial charge in [0.15, 0.2) is 0 Å². The Kier molecular flexibility index (Phi) is 2.75. The van der Waals surface area contributed by atoms with Crippen molar-refractivity contribution in [3.63, 3.8) is 0 Å². The van der Waals surface area contributed by atoms with Crippen LogP contribution in [0.2, 0.25) is 0 Å². The largest absolute Gasteiger partial charge is 0.350 e. The van der Waals surface area contributed by atoms with Crippen LogP contribution in [-0.4, -0.2) is 23.2 Å². The molecule has 0 bridgehead atoms. The van der Waals surface area contributed by atoms with Crippen LogP contribution in [-0.2, 0) is 13.6 Å². The summed E-state index contributed by atoms with van der Waals surface area (Å²) in [5.74, 6) is 0. The Hall–Kier alpha value is -1.32. The van der Waals surface area contributed by atoms with E-state index in [1.54, 1.807) is 0 Å². The van der Waals surface area contributed by atoms with Crippen LogP contribution in [0.5, 0.6) is 0 Å². The summed E-state index contributed by atoms with van der Waals surface area (Å²) in [6.07, 6.45) is 2.18. The summed E-state index contributed by atoms with van der Waals surface area (Å²) < 4.78 is 2.16. The molecule has 15 heavy (non-hydrogen) atoms. The number of fused-ring (bicyclic) bond motifs is 1. The zero-order chi connectivity index (χ0) is 10.8. The fourth-order valence-electron chi connectivity index (χ4n) is 1.91. The van der Waals surface area contributed by atoms with Crippen molar-refractivity contribution >= 4 is 10.9 Å². The zero-order valence-electron chi connectivity index (χ0n) is 9.27. The average molecular weight is 203 g/mol. The molecule has 0 aliphatic rings. The molecule has 2 N–H and O–H groups in total. The van der Waals surface area contributed by atoms with E-state index in [1.807, 2.05) is 7.05 Å². The van der Waals surface area contributed by atoms with E-state index in [9.17, 15) is 0 Å². The Morgan fingerprint density at radius 1 is 1.33 bits per heavy atom. The van der Waals surface area contributed by atoms with Gasteiger partial charge in [-0.15, -0.1) is 0 Å². The highest BCUT2D eigenvalue weighted by Gasteiger charge is 2.06. The highest BCUT2D eigenvalue weighted by molar-refractivity contribution is 5.83. The normalized spacial score (nSPS) is 11.5. The van der Waals surface area contributed by atoms with Gasteiger partial charge in [0.25, 0.3) is 0 Å². The Bertz CT molecular complexity index is 459. The van der Waals surface area contributed by atoms with Crippen molar-refractivity contribution in [1.29, 1.82) is 0 Å². The van der Waals surface area contributed by atoms with Gasteiger partial charge in [-0.2, -0.15) is 0 Å². The van der Waals surface area contributed by atoms with Crippen LogP contribution in [0, 0.1) is 0 Å². The molecular formula is C12H17N3. The number of aromatic nitrogens is 1. The van der Waals surface area contributed by atoms with Gasteiger partial charge in [-0.3, -0.25) is 4.90 Å². The van der Waals surface area contributed by atoms with Gasteiger partial charge in [0.05, 0.1) is 0 Å². The number of nitrogens with zero attached hydrogens (tertiary/aromatic N) is 2. The summed E-state index contributed by atoms with van der Waals surface area (Å²) in [7, 11) is 4.11. The van der Waals surface area contributed by atoms with Crippen molar-refractivity contribution in [3.8, 4) is 0 Å². The molecule has 1 aromatic carbocycles. The number of hydrogen-bond acceptors (Lipinski definition) is 2. The molecular weight excluding hydrogens is 186 g/mol. The van der Waals surface area contributed by atoms with Crippen LogP contribution in [0.1, 0.15) is 5.56 Å². The van der Waals surface area contributed by atoms with Crippen LogP contribution >= 0.6 is 0 Å². The lowest BCUT2D eigenvalue weighted by atomic mass is 10.2. The van der Waals surface area contributed by atoms with Crippen LogP contribution in [0.15, 0.2) is 30.5 Å². The second-order valence-corrected chi connectivity index (χ2v) is 3.98. The molecule has 0 unspecified atom stereocenters. The third-order valence-corrected chi connectivity index (χ3v) is 2.73. The lowest BCUT2D eigenvalue weighted by Gasteiger charge is -2.12. The van der Waals surface area contributed by atoms with Gasteiger partial charge < -0.3 is 10.3 Å². The Labute approximate surface area is 90.1 Å². The summed E-state index contributed by atoms with van der Waals surface area (Å²) in [6.45, 7) is 1.49. The highest BCUT2D eigenvalue weighted by Crippen LogP contribution is 2.20. The molecule has 0 saturated carbocycles. The molecule has 3 heteroatoms. The van der Waals surface area contributed by atoms with Crippen molar-refractivity contribution in [2.45, 2.75) is 6.54 Å². The number of hydrogen-bond donors (Lipinski definition) is 1. The number of rotatable bonds is 3. The van der Waals surface area contributed by atoms with Crippen LogP contribution in [0.3, 0.4) is 0 Å². The van der Waals surface area contributed by atoms with Gasteiger partial charge in [0, 0.05) is 37.4 Å². The van der Waals surface area contributed by atoms with Gasteiger partial charge in [0.1, 0.15) is 0 Å². The minimum Gasteiger partial charge on any atom is -0.350 e. The van der Waals surface area contributed by atoms with E-state index in [0.717, 1.165) is 6.54 Å². The smallest absolute Gasteiger partial charge is 0.0481 e. The van der Waals surface area contributed by atoms with Crippen LogP contribution in [0.4, 0.5) is 0 Å². The molecule has 1 aromatic heterocycles. The molecule has 0 aliphatic heterocycles. The Balaban J connectivity index is 2.43. The monoisotopic (exact) mass is 203 g/mol. The lowest BCUT2D eigenvalue weighted by Crippen LogP contribution is -2.24. The zero-order valence-corrected chi connectivity index (χ0v) is 9.27. The topological polar surface area (TPSA) is 34.2 Å². The molecule has 2 rings (SSSR count). The minimum absolute atomic E-state index is 0.587. The van der Waals surface area contributed by atoms with E-state index in [4.69, 9.17) is 5.73 Å². The summed E-state index contributed by atoms with van der Waals surface area (Å²) in [4.78, 5) is 2.10. The van der Waals surface area contributed by atoms with Crippen molar-refractivity contribution in [2.24, 2.45) is 12.8 Å². The molecule has 0 amide bonds. The van der Waals surface area contributed by atoms with Crippen molar-refractivity contribution in [1.82, 2.24) is 9.47 Å². The van der Waals surface area contributed by atoms with Gasteiger partial charge in [-0.05, 0) is 18.7 Å². The molecule has 0 radical (unpaired) electrons. The first kappa shape index (κ1) is 10.2. The molecule has 1 heterocycles. The standard InChI is InChI=1S/C12H17N3/c1-14(9-13)7-10-8-15(2)12-6-4-3-5-11(10)12/h3-6,8H,7,9,13H2,1-2H3. The van der Waals surface area contributed by atoms with Gasteiger partial charge in [-0.25, -0.2) is 0 Å². The first-order valence-corrected chi connectivity index (χ1v) is 5.14. The second kappa shape index (κ2) is 4.04. The first-order valence-electron chi connectivity index (χ1n) is 5.14. The van der Waals surface area contributed by atoms with E-state index in [0.29, 0.717) is 6.67 Å². The lowest BCUT2D eigenvalue weighted by molar-refractivity contribution is 0.338. The van der Waals surface area contributed by atoms with E-state index < -0.39 is 0 Å². The van der Waals surface area contributed by atoms with Crippen molar-refractivity contribution in [2.75, 3.05) is 13.7 Å². The third kappa shape index (κ3) is 1.89. The molecule has 2 aromatic rings. The maximum absolute atomic E-state index is 5.59. The molecule has 0 aliphatic carbocycles. The predicted molar refractivity (Wildman–Crippen MR) is 63.4 cm³/mol. The molecule has 0 atom stereocenters. The fourth-order valence-corrected chi connectivity index (χ4v) is 1.91. The van der Waals surface area contributed by atoms with E-state index in [1.165, 1.54) is 16.5 Å². The van der Waals surface area contributed by atoms with Crippen molar-refractivity contribution in [3.05, 3.63) is 36.0 Å². The molecule has 0 saturated heterocycles. The summed E-state index contributed by atoms with van der Waals surface area (Å²) >= 11 is 0. The van der Waals surface area contributed by atoms with E-state index in [-0.39, 0.29) is 0 Å². The number of para-hydroxylation sites is 1. The highest BCUT2D eigenvalue weighted by atomic mass is 15.1. The van der Waals surface area contributed by atoms with Gasteiger partial charge in [-0.1, -0.05) is 18.2 Å². The summed E-state index contributed by atoms with van der Waals surface area (Å²) in [5.41, 5.74) is 8.20. The predicted octanol–water partition coefficient (Wildman–Crippen LogP) is 1.53. The van der Waals surface area contributed by atoms with E-state index in [2.05, 4.69) is 47.0 Å². The second-order valence-electron chi connectivity index (χ2n) is 3.98. The summed E-state index contributed by atoms with van der Waals surface area (Å²) in [5, 5.41) is 1.32. The SMILES string of the molecule is CN(CN)Cc1cn(C)c2ccccc12. The molecule has 3 nitrogen and oxygen atoms in total. The first-order chi connectivity index (χ1) is 7.22. The quantitative estimate of drug-likeness (QED) is 0.768. The van der Waals surface area contributed by atoms with Crippen molar-refractivity contribution < 1.29 is 0 Å². The van der Waals surface area contributed by atoms with Gasteiger partial charge in [0.2, 0.25) is 0 Å². The Morgan fingerprint density at radius 3 is 2.80 bits per heavy atom. The van der Waals surface area contributed by atoms with Crippen LogP contribution < -0.4 is 5.73 Å². The number of benzene rings is 1. The fraction of sp³-hybridized carbons (Fsp3) is 0.333. The minimum atomic E-state index is 0.587. The Morgan fingerprint density at radius 2 is 2.07 bits per heavy atom. The molecule has 0 spiro atoms. The average Bonchev–Trinajstić information content (AvgIpc) is 2.57. The van der Waals surface area contributed by atoms with Gasteiger partial charge >= 0.3 is 0 Å². The number of nitrogens with two attached hydrogens (primary N) is 1. The van der Waals surface area contributed by atoms with Crippen LogP contribution in [0.25, 0.3) is 10.9 Å². The maximum atomic E-state index is 5.59. The summed E-state index contributed by atoms with van der Waals surface area (Å²) in [6, 6.07) is 8.45. The molecule has 80 valence electrons.